The van der Waals surface area contributed by atoms with Gasteiger partial charge < -0.3 is 9.73 Å². The second-order valence-corrected chi connectivity index (χ2v) is 6.14. The fourth-order valence-electron chi connectivity index (χ4n) is 3.15. The highest BCUT2D eigenvalue weighted by Gasteiger charge is 2.21. The van der Waals surface area contributed by atoms with Crippen LogP contribution in [0.1, 0.15) is 41.7 Å². The molecule has 1 aromatic heterocycles. The molecule has 4 nitrogen and oxygen atoms in total. The van der Waals surface area contributed by atoms with Crippen molar-refractivity contribution in [2.75, 3.05) is 5.32 Å². The topological polar surface area (TPSA) is 59.3 Å². The van der Waals surface area contributed by atoms with E-state index in [1.54, 1.807) is 12.1 Å². The van der Waals surface area contributed by atoms with E-state index in [-0.39, 0.29) is 5.92 Å². The Labute approximate surface area is 158 Å². The average molecular weight is 359 g/mol. The van der Waals surface area contributed by atoms with Gasteiger partial charge in [-0.05, 0) is 23.6 Å². The van der Waals surface area contributed by atoms with Crippen LogP contribution in [0.5, 0.6) is 0 Å². The van der Waals surface area contributed by atoms with Gasteiger partial charge in [-0.2, -0.15) is 0 Å². The highest BCUT2D eigenvalue weighted by molar-refractivity contribution is 5.76. The summed E-state index contributed by atoms with van der Waals surface area (Å²) >= 11 is 0. The molecule has 1 N–H and O–H groups in total. The van der Waals surface area contributed by atoms with Gasteiger partial charge in [0.05, 0.1) is 11.3 Å². The van der Waals surface area contributed by atoms with Crippen molar-refractivity contribution in [2.45, 2.75) is 19.3 Å². The Hall–Kier alpha value is -3.40. The molecule has 0 radical (unpaired) electrons. The number of amides is 1. The fraction of sp³-hybridized carbons (Fsp3) is 0.130. The number of nitrogens with one attached hydrogen (secondary N) is 1. The molecule has 3 rings (SSSR count). The van der Waals surface area contributed by atoms with Gasteiger partial charge in [0.25, 0.3) is 0 Å². The Morgan fingerprint density at radius 2 is 1.67 bits per heavy atom. The third-order valence-electron chi connectivity index (χ3n) is 4.42. The van der Waals surface area contributed by atoms with Crippen LogP contribution in [0.2, 0.25) is 0 Å². The van der Waals surface area contributed by atoms with Gasteiger partial charge >= 0.3 is 5.63 Å². The van der Waals surface area contributed by atoms with Gasteiger partial charge in [-0.25, -0.2) is 4.79 Å². The minimum absolute atomic E-state index is 0.156. The van der Waals surface area contributed by atoms with Crippen molar-refractivity contribution >= 4 is 24.2 Å². The summed E-state index contributed by atoms with van der Waals surface area (Å²) in [4.78, 5) is 23.9. The molecule has 0 aliphatic heterocycles. The molecule has 0 spiro atoms. The Morgan fingerprint density at radius 1 is 1.00 bits per heavy atom. The van der Waals surface area contributed by atoms with E-state index in [0.717, 1.165) is 11.1 Å². The number of hydrogen-bond acceptors (Lipinski definition) is 3. The number of hydrogen-bond donors (Lipinski definition) is 1. The van der Waals surface area contributed by atoms with Crippen LogP contribution in [0.3, 0.4) is 0 Å². The maximum absolute atomic E-state index is 12.8. The van der Waals surface area contributed by atoms with Gasteiger partial charge in [0.1, 0.15) is 5.76 Å². The lowest BCUT2D eigenvalue weighted by Gasteiger charge is -2.18. The van der Waals surface area contributed by atoms with Crippen molar-refractivity contribution in [2.24, 2.45) is 0 Å². The van der Waals surface area contributed by atoms with Crippen molar-refractivity contribution in [3.63, 3.8) is 0 Å². The lowest BCUT2D eigenvalue weighted by Crippen LogP contribution is -2.17. The fourth-order valence-corrected chi connectivity index (χ4v) is 3.15. The van der Waals surface area contributed by atoms with Crippen LogP contribution in [-0.4, -0.2) is 6.41 Å². The number of rotatable bonds is 7. The van der Waals surface area contributed by atoms with E-state index < -0.39 is 5.63 Å². The predicted octanol–water partition coefficient (Wildman–Crippen LogP) is 4.92. The smallest absolute Gasteiger partial charge is 0.342 e. The van der Waals surface area contributed by atoms with Crippen LogP contribution in [0.15, 0.2) is 75.9 Å². The molecule has 1 heterocycles. The van der Waals surface area contributed by atoms with Crippen LogP contribution in [-0.2, 0) is 4.79 Å². The first-order valence-electron chi connectivity index (χ1n) is 8.89. The molecule has 0 fully saturated rings. The first kappa shape index (κ1) is 18.4. The molecule has 0 saturated carbocycles. The van der Waals surface area contributed by atoms with Crippen LogP contribution in [0, 0.1) is 0 Å². The van der Waals surface area contributed by atoms with E-state index >= 15 is 0 Å². The van der Waals surface area contributed by atoms with E-state index in [9.17, 15) is 9.59 Å². The second-order valence-electron chi connectivity index (χ2n) is 6.14. The van der Waals surface area contributed by atoms with E-state index in [2.05, 4.69) is 5.32 Å². The third kappa shape index (κ3) is 4.42. The molecule has 1 atom stereocenters. The van der Waals surface area contributed by atoms with Crippen molar-refractivity contribution in [1.82, 2.24) is 0 Å². The van der Waals surface area contributed by atoms with E-state index in [1.807, 2.05) is 73.7 Å². The maximum atomic E-state index is 12.8. The molecule has 0 aliphatic rings. The zero-order valence-electron chi connectivity index (χ0n) is 15.1. The molecule has 4 heteroatoms. The molecule has 1 unspecified atom stereocenters. The molecule has 0 aliphatic carbocycles. The van der Waals surface area contributed by atoms with Crippen LogP contribution >= 0.6 is 0 Å². The largest absolute Gasteiger partial charge is 0.423 e. The van der Waals surface area contributed by atoms with Gasteiger partial charge in [0, 0.05) is 12.0 Å². The summed E-state index contributed by atoms with van der Waals surface area (Å²) in [5, 5.41) is 2.67. The first-order valence-corrected chi connectivity index (χ1v) is 8.89. The van der Waals surface area contributed by atoms with Gasteiger partial charge in [-0.15, -0.1) is 0 Å². The highest BCUT2D eigenvalue weighted by atomic mass is 16.4. The van der Waals surface area contributed by atoms with Gasteiger partial charge in [0.2, 0.25) is 6.41 Å². The molecule has 27 heavy (non-hydrogen) atoms. The summed E-state index contributed by atoms with van der Waals surface area (Å²) in [6.07, 6.45) is 4.87. The van der Waals surface area contributed by atoms with E-state index in [1.165, 1.54) is 0 Å². The first-order chi connectivity index (χ1) is 13.2. The molecule has 136 valence electrons. The molecular formula is C23H21NO3. The van der Waals surface area contributed by atoms with Crippen molar-refractivity contribution in [1.29, 1.82) is 0 Å². The minimum atomic E-state index is -0.440. The molecule has 1 amide bonds. The normalized spacial score (nSPS) is 12.0. The second kappa shape index (κ2) is 8.81. The number of benzene rings is 2. The van der Waals surface area contributed by atoms with Crippen molar-refractivity contribution in [3.8, 4) is 0 Å². The van der Waals surface area contributed by atoms with E-state index in [4.69, 9.17) is 4.42 Å². The summed E-state index contributed by atoms with van der Waals surface area (Å²) in [5.74, 6) is 0.233. The van der Waals surface area contributed by atoms with Gasteiger partial charge in [-0.3, -0.25) is 4.79 Å². The van der Waals surface area contributed by atoms with Crippen LogP contribution < -0.4 is 10.9 Å². The summed E-state index contributed by atoms with van der Waals surface area (Å²) in [7, 11) is 0. The summed E-state index contributed by atoms with van der Waals surface area (Å²) in [6, 6.07) is 21.2. The summed E-state index contributed by atoms with van der Waals surface area (Å²) in [6.45, 7) is 2.00. The van der Waals surface area contributed by atoms with Gasteiger partial charge in [0.15, 0.2) is 0 Å². The summed E-state index contributed by atoms with van der Waals surface area (Å²) in [5.41, 5.74) is 2.50. The zero-order valence-corrected chi connectivity index (χ0v) is 15.1. The van der Waals surface area contributed by atoms with Crippen molar-refractivity contribution in [3.05, 3.63) is 99.6 Å². The number of anilines is 1. The standard InChI is InChI=1S/C23H21NO3/c1-2-20(18-11-7-4-8-12-18)22-21(24-16-25)15-19(27-23(22)26)14-13-17-9-5-3-6-10-17/h3-16,20H,2H2,1H3,(H,24,25)/b14-13+. The molecule has 0 bridgehead atoms. The summed E-state index contributed by atoms with van der Waals surface area (Å²) < 4.78 is 5.52. The SMILES string of the molecule is CCC(c1ccccc1)c1c(NC=O)cc(/C=C/c2ccccc2)oc1=O. The van der Waals surface area contributed by atoms with Crippen molar-refractivity contribution < 1.29 is 9.21 Å². The number of carbonyl (C=O) groups excluding carboxylic acids is 1. The molecule has 3 aromatic rings. The Morgan fingerprint density at radius 3 is 2.30 bits per heavy atom. The molecule has 0 saturated heterocycles. The van der Waals surface area contributed by atoms with Crippen LogP contribution in [0.4, 0.5) is 5.69 Å². The molecular weight excluding hydrogens is 338 g/mol. The van der Waals surface area contributed by atoms with Gasteiger partial charge in [-0.1, -0.05) is 73.7 Å². The minimum Gasteiger partial charge on any atom is -0.423 e. The quantitative estimate of drug-likeness (QED) is 0.609. The maximum Gasteiger partial charge on any atom is 0.342 e. The van der Waals surface area contributed by atoms with E-state index in [0.29, 0.717) is 29.8 Å². The highest BCUT2D eigenvalue weighted by Crippen LogP contribution is 2.31. The lowest BCUT2D eigenvalue weighted by molar-refractivity contribution is -0.105. The Balaban J connectivity index is 2.03. The monoisotopic (exact) mass is 359 g/mol. The lowest BCUT2D eigenvalue weighted by atomic mass is 9.89. The predicted molar refractivity (Wildman–Crippen MR) is 109 cm³/mol. The Bertz CT molecular complexity index is 976. The van der Waals surface area contributed by atoms with Crippen LogP contribution in [0.25, 0.3) is 12.2 Å². The average Bonchev–Trinajstić information content (AvgIpc) is 2.70. The zero-order chi connectivity index (χ0) is 19.1. The Kier molecular flexibility index (Phi) is 6.00. The molecule has 2 aromatic carbocycles. The number of carbonyl (C=O) groups is 1. The third-order valence-corrected chi connectivity index (χ3v) is 4.42.